The molecule has 0 aliphatic carbocycles. The number of halogens is 1. The van der Waals surface area contributed by atoms with E-state index in [1.165, 1.54) is 17.9 Å². The minimum absolute atomic E-state index is 0.140. The average molecular weight is 704 g/mol. The number of nitrogens with one attached hydrogen (secondary N) is 3. The number of esters is 1. The molecular formula is C35H35BrN4O7. The Morgan fingerprint density at radius 3 is 2.55 bits per heavy atom. The molecule has 0 spiro atoms. The molecule has 47 heavy (non-hydrogen) atoms. The molecule has 4 aromatic carbocycles. The zero-order valence-electron chi connectivity index (χ0n) is 26.1. The van der Waals surface area contributed by atoms with Crippen molar-refractivity contribution < 1.29 is 33.6 Å². The van der Waals surface area contributed by atoms with Gasteiger partial charge in [0.25, 0.3) is 0 Å². The second-order valence-electron chi connectivity index (χ2n) is 10.6. The third-order valence-corrected chi connectivity index (χ3v) is 7.89. The Morgan fingerprint density at radius 1 is 1.00 bits per heavy atom. The lowest BCUT2D eigenvalue weighted by Gasteiger charge is -2.28. The Kier molecular flexibility index (Phi) is 11.0. The number of carbonyl (C=O) groups excluding carboxylic acids is 2. The molecule has 5 rings (SSSR count). The number of amides is 2. The molecule has 2 atom stereocenters. The summed E-state index contributed by atoms with van der Waals surface area (Å²) in [6.45, 7) is 4.08. The molecule has 0 unspecified atom stereocenters. The summed E-state index contributed by atoms with van der Waals surface area (Å²) in [5.41, 5.74) is 5.76. The molecule has 0 bridgehead atoms. The van der Waals surface area contributed by atoms with Gasteiger partial charge in [0.15, 0.2) is 17.7 Å². The van der Waals surface area contributed by atoms with E-state index >= 15 is 0 Å². The summed E-state index contributed by atoms with van der Waals surface area (Å²) in [5.74, 6) is 0.872. The summed E-state index contributed by atoms with van der Waals surface area (Å²) in [4.78, 5) is 24.6. The number of benzene rings is 4. The lowest BCUT2D eigenvalue weighted by Crippen LogP contribution is -2.45. The lowest BCUT2D eigenvalue weighted by atomic mass is 9.95. The minimum Gasteiger partial charge on any atom is -0.490 e. The molecule has 11 nitrogen and oxygen atoms in total. The zero-order valence-corrected chi connectivity index (χ0v) is 27.7. The van der Waals surface area contributed by atoms with E-state index in [0.717, 1.165) is 15.6 Å². The number of rotatable bonds is 13. The number of methoxy groups -OCH3 is 1. The number of hydrogen-bond donors (Lipinski definition) is 4. The number of hydrazone groups is 1. The van der Waals surface area contributed by atoms with Gasteiger partial charge in [0.05, 0.1) is 36.0 Å². The first-order valence-electron chi connectivity index (χ1n) is 14.9. The third-order valence-electron chi connectivity index (χ3n) is 7.27. The number of aliphatic hydroxyl groups is 1. The highest BCUT2D eigenvalue weighted by Crippen LogP contribution is 2.35. The highest BCUT2D eigenvalue weighted by molar-refractivity contribution is 9.10. The second kappa shape index (κ2) is 15.5. The molecule has 0 fully saturated rings. The fraction of sp³-hybridized carbons (Fsp3) is 0.229. The highest BCUT2D eigenvalue weighted by Gasteiger charge is 2.32. The summed E-state index contributed by atoms with van der Waals surface area (Å²) in [7, 11) is 1.28. The van der Waals surface area contributed by atoms with Gasteiger partial charge in [0, 0.05) is 5.70 Å². The molecule has 244 valence electrons. The summed E-state index contributed by atoms with van der Waals surface area (Å²) in [5, 5.41) is 22.3. The van der Waals surface area contributed by atoms with Crippen molar-refractivity contribution in [2.75, 3.05) is 20.3 Å². The largest absolute Gasteiger partial charge is 0.490 e. The number of aliphatic hydroxyl groups excluding tert-OH is 1. The van der Waals surface area contributed by atoms with Crippen molar-refractivity contribution in [2.24, 2.45) is 5.10 Å². The second-order valence-corrected chi connectivity index (χ2v) is 11.4. The Morgan fingerprint density at radius 2 is 1.79 bits per heavy atom. The van der Waals surface area contributed by atoms with Crippen molar-refractivity contribution in [3.8, 4) is 17.2 Å². The zero-order chi connectivity index (χ0) is 33.3. The standard InChI is InChI=1S/C35H35BrN4O7/c1-4-45-30-17-26(33-32(34(42)44-3)21(2)38-35(43)39-33)12-14-29(30)47-20-31(41)40-37-18-22-10-13-28(27(36)16-22)46-19-23-9-11-24-7-5-6-8-25(24)15-23/h5-18,31,33,40-41H,4,19-20H2,1-3H3,(H2,38,39,43)/b37-18-/t31-,33+/m1/s1. The van der Waals surface area contributed by atoms with E-state index in [9.17, 15) is 14.7 Å². The molecule has 1 aliphatic rings. The van der Waals surface area contributed by atoms with Crippen LogP contribution in [0.25, 0.3) is 10.8 Å². The number of allylic oxidation sites excluding steroid dienone is 1. The van der Waals surface area contributed by atoms with Gasteiger partial charge in [-0.05, 0) is 93.6 Å². The van der Waals surface area contributed by atoms with E-state index in [4.69, 9.17) is 18.9 Å². The SMILES string of the molecule is CCOc1cc([C@@H]2NC(=O)NC(C)=C2C(=O)OC)ccc1OC[C@@H](O)N/N=C\c1ccc(OCc2ccc3ccccc3c2)c(Br)c1. The van der Waals surface area contributed by atoms with Gasteiger partial charge in [0.2, 0.25) is 0 Å². The number of urea groups is 1. The lowest BCUT2D eigenvalue weighted by molar-refractivity contribution is -0.136. The van der Waals surface area contributed by atoms with Gasteiger partial charge in [-0.2, -0.15) is 5.10 Å². The molecule has 4 aromatic rings. The fourth-order valence-corrected chi connectivity index (χ4v) is 5.54. The van der Waals surface area contributed by atoms with Gasteiger partial charge >= 0.3 is 12.0 Å². The molecule has 0 radical (unpaired) electrons. The first-order valence-corrected chi connectivity index (χ1v) is 15.7. The molecule has 0 saturated heterocycles. The number of fused-ring (bicyclic) bond motifs is 1. The Balaban J connectivity index is 1.16. The molecule has 2 amide bonds. The van der Waals surface area contributed by atoms with Crippen LogP contribution in [0.5, 0.6) is 17.2 Å². The van der Waals surface area contributed by atoms with Crippen LogP contribution in [0.1, 0.15) is 36.6 Å². The topological polar surface area (TPSA) is 140 Å². The van der Waals surface area contributed by atoms with Crippen molar-refractivity contribution in [1.29, 1.82) is 0 Å². The third kappa shape index (κ3) is 8.40. The van der Waals surface area contributed by atoms with Crippen LogP contribution in [0, 0.1) is 0 Å². The van der Waals surface area contributed by atoms with Crippen molar-refractivity contribution in [2.45, 2.75) is 32.7 Å². The van der Waals surface area contributed by atoms with E-state index in [1.807, 2.05) is 37.3 Å². The molecule has 1 aliphatic heterocycles. The summed E-state index contributed by atoms with van der Waals surface area (Å²) < 4.78 is 23.3. The van der Waals surface area contributed by atoms with Gasteiger partial charge in [0.1, 0.15) is 19.0 Å². The summed E-state index contributed by atoms with van der Waals surface area (Å²) >= 11 is 3.56. The maximum atomic E-state index is 12.5. The van der Waals surface area contributed by atoms with Crippen molar-refractivity contribution in [3.05, 3.63) is 111 Å². The van der Waals surface area contributed by atoms with Gasteiger partial charge in [-0.1, -0.05) is 42.5 Å². The average Bonchev–Trinajstić information content (AvgIpc) is 3.06. The van der Waals surface area contributed by atoms with E-state index in [2.05, 4.69) is 67.4 Å². The van der Waals surface area contributed by atoms with Crippen LogP contribution in [0.15, 0.2) is 99.7 Å². The van der Waals surface area contributed by atoms with Crippen molar-refractivity contribution in [1.82, 2.24) is 16.1 Å². The molecule has 0 saturated carbocycles. The monoisotopic (exact) mass is 702 g/mol. The van der Waals surface area contributed by atoms with Crippen LogP contribution >= 0.6 is 15.9 Å². The van der Waals surface area contributed by atoms with Crippen LogP contribution in [0.3, 0.4) is 0 Å². The van der Waals surface area contributed by atoms with Gasteiger partial charge < -0.3 is 34.7 Å². The quantitative estimate of drug-likeness (QED) is 0.0602. The van der Waals surface area contributed by atoms with Crippen molar-refractivity contribution in [3.63, 3.8) is 0 Å². The summed E-state index contributed by atoms with van der Waals surface area (Å²) in [6.07, 6.45) is 0.442. The van der Waals surface area contributed by atoms with E-state index in [1.54, 1.807) is 31.3 Å². The van der Waals surface area contributed by atoms with Gasteiger partial charge in [-0.25, -0.2) is 9.59 Å². The van der Waals surface area contributed by atoms with Crippen LogP contribution in [0.4, 0.5) is 4.79 Å². The van der Waals surface area contributed by atoms with Gasteiger partial charge in [-0.15, -0.1) is 0 Å². The molecular weight excluding hydrogens is 668 g/mol. The normalized spacial score (nSPS) is 15.2. The van der Waals surface area contributed by atoms with Crippen LogP contribution in [-0.4, -0.2) is 49.9 Å². The first kappa shape index (κ1) is 33.3. The van der Waals surface area contributed by atoms with E-state index in [-0.39, 0.29) is 12.2 Å². The summed E-state index contributed by atoms with van der Waals surface area (Å²) in [6, 6.07) is 23.9. The van der Waals surface area contributed by atoms with Gasteiger partial charge in [-0.3, -0.25) is 5.43 Å². The van der Waals surface area contributed by atoms with E-state index < -0.39 is 24.3 Å². The number of hydrogen-bond acceptors (Lipinski definition) is 9. The molecule has 12 heteroatoms. The number of nitrogens with zero attached hydrogens (tertiary/aromatic N) is 1. The van der Waals surface area contributed by atoms with Crippen LogP contribution < -0.4 is 30.3 Å². The van der Waals surface area contributed by atoms with Crippen LogP contribution in [0.2, 0.25) is 0 Å². The van der Waals surface area contributed by atoms with E-state index in [0.29, 0.717) is 41.7 Å². The predicted octanol–water partition coefficient (Wildman–Crippen LogP) is 5.70. The highest BCUT2D eigenvalue weighted by atomic mass is 79.9. The number of carbonyl (C=O) groups is 2. The van der Waals surface area contributed by atoms with Crippen LogP contribution in [-0.2, 0) is 16.1 Å². The Bertz CT molecular complexity index is 1830. The molecule has 1 heterocycles. The Labute approximate surface area is 280 Å². The van der Waals surface area contributed by atoms with Crippen molar-refractivity contribution >= 4 is 44.9 Å². The smallest absolute Gasteiger partial charge is 0.337 e. The molecule has 4 N–H and O–H groups in total. The maximum Gasteiger partial charge on any atom is 0.337 e. The maximum absolute atomic E-state index is 12.5. The number of ether oxygens (including phenoxy) is 4. The first-order chi connectivity index (χ1) is 22.7. The predicted molar refractivity (Wildman–Crippen MR) is 181 cm³/mol. The Hall–Kier alpha value is -5.07. The molecule has 0 aromatic heterocycles. The fourth-order valence-electron chi connectivity index (χ4n) is 5.02. The minimum atomic E-state index is -1.13.